The molecule has 0 aliphatic rings. The molecule has 0 bridgehead atoms. The van der Waals surface area contributed by atoms with Crippen LogP contribution in [0.2, 0.25) is 0 Å². The number of pyridine rings is 1. The van der Waals surface area contributed by atoms with Crippen LogP contribution >= 0.6 is 0 Å². The van der Waals surface area contributed by atoms with Gasteiger partial charge in [-0.2, -0.15) is 0 Å². The molecule has 7 nitrogen and oxygen atoms in total. The Balaban J connectivity index is 1.37. The highest BCUT2D eigenvalue weighted by atomic mass is 16.3. The van der Waals surface area contributed by atoms with E-state index in [1.54, 1.807) is 18.3 Å². The minimum absolute atomic E-state index is 0.165. The van der Waals surface area contributed by atoms with E-state index in [1.165, 1.54) is 16.7 Å². The second-order valence-corrected chi connectivity index (χ2v) is 8.90. The third-order valence-electron chi connectivity index (χ3n) is 5.97. The van der Waals surface area contributed by atoms with Crippen LogP contribution in [0.1, 0.15) is 47.8 Å². The largest absolute Gasteiger partial charge is 0.387 e. The molecule has 186 valence electrons. The van der Waals surface area contributed by atoms with Crippen LogP contribution in [0.25, 0.3) is 0 Å². The molecule has 0 saturated carbocycles. The van der Waals surface area contributed by atoms with E-state index < -0.39 is 6.10 Å². The first-order valence-electron chi connectivity index (χ1n) is 12.2. The van der Waals surface area contributed by atoms with Gasteiger partial charge < -0.3 is 26.8 Å². The molecule has 6 N–H and O–H groups in total. The number of rotatable bonds is 12. The van der Waals surface area contributed by atoms with Crippen LogP contribution in [0.5, 0.6) is 0 Å². The molecular formula is C28H37N5O2. The average Bonchev–Trinajstić information content (AvgIpc) is 2.87. The summed E-state index contributed by atoms with van der Waals surface area (Å²) >= 11 is 0. The molecule has 3 rings (SSSR count). The molecule has 2 amide bonds. The third-order valence-corrected chi connectivity index (χ3v) is 5.97. The number of nitrogens with one attached hydrogen (secondary N) is 3. The van der Waals surface area contributed by atoms with E-state index in [4.69, 9.17) is 5.73 Å². The molecule has 2 aromatic carbocycles. The highest BCUT2D eigenvalue weighted by molar-refractivity contribution is 5.73. The predicted molar refractivity (Wildman–Crippen MR) is 141 cm³/mol. The number of aryl methyl sites for hydroxylation is 1. The van der Waals surface area contributed by atoms with E-state index in [9.17, 15) is 9.90 Å². The number of hydrogen-bond donors (Lipinski definition) is 5. The second kappa shape index (κ2) is 13.5. The van der Waals surface area contributed by atoms with Gasteiger partial charge >= 0.3 is 6.03 Å². The van der Waals surface area contributed by atoms with Crippen LogP contribution < -0.4 is 21.7 Å². The minimum Gasteiger partial charge on any atom is -0.387 e. The number of aliphatic hydroxyl groups excluding tert-OH is 1. The Bertz CT molecular complexity index is 1050. The SMILES string of the molecule is CCc1ccc(CCNC(=O)NCc2cccc(CC(C)NC[C@H](O)c3ccc(N)nc3)c2)cc1. The van der Waals surface area contributed by atoms with Gasteiger partial charge in [0.2, 0.25) is 0 Å². The first kappa shape index (κ1) is 26.2. The number of aliphatic hydroxyl groups is 1. The van der Waals surface area contributed by atoms with Gasteiger partial charge in [-0.1, -0.05) is 61.5 Å². The van der Waals surface area contributed by atoms with Gasteiger partial charge in [-0.15, -0.1) is 0 Å². The van der Waals surface area contributed by atoms with E-state index >= 15 is 0 Å². The quantitative estimate of drug-likeness (QED) is 0.275. The van der Waals surface area contributed by atoms with Crippen molar-refractivity contribution in [1.82, 2.24) is 20.9 Å². The van der Waals surface area contributed by atoms with Gasteiger partial charge in [0.1, 0.15) is 5.82 Å². The highest BCUT2D eigenvalue weighted by Crippen LogP contribution is 2.13. The van der Waals surface area contributed by atoms with Crippen LogP contribution in [-0.2, 0) is 25.8 Å². The summed E-state index contributed by atoms with van der Waals surface area (Å²) in [6, 6.07) is 20.2. The van der Waals surface area contributed by atoms with Gasteiger partial charge in [0.25, 0.3) is 0 Å². The standard InChI is InChI=1S/C28H37N5O2/c1-3-21-7-9-22(10-8-21)13-14-30-28(35)33-17-24-6-4-5-23(16-24)15-20(2)31-19-26(34)25-11-12-27(29)32-18-25/h4-12,16,18,20,26,31,34H,3,13-15,17,19H2,1-2H3,(H2,29,32)(H2,30,33,35)/t20?,26-/m0/s1. The third kappa shape index (κ3) is 9.03. The molecule has 7 heteroatoms. The minimum atomic E-state index is -0.643. The molecule has 35 heavy (non-hydrogen) atoms. The van der Waals surface area contributed by atoms with Crippen molar-refractivity contribution in [2.24, 2.45) is 0 Å². The molecule has 1 heterocycles. The summed E-state index contributed by atoms with van der Waals surface area (Å²) in [5, 5.41) is 19.6. The number of carbonyl (C=O) groups is 1. The van der Waals surface area contributed by atoms with Gasteiger partial charge in [-0.3, -0.25) is 0 Å². The molecule has 0 aliphatic carbocycles. The van der Waals surface area contributed by atoms with Crippen LogP contribution in [0, 0.1) is 0 Å². The molecular weight excluding hydrogens is 438 g/mol. The fourth-order valence-electron chi connectivity index (χ4n) is 3.84. The lowest BCUT2D eigenvalue weighted by Crippen LogP contribution is -2.36. The van der Waals surface area contributed by atoms with Crippen molar-refractivity contribution >= 4 is 11.8 Å². The second-order valence-electron chi connectivity index (χ2n) is 8.90. The monoisotopic (exact) mass is 475 g/mol. The zero-order valence-electron chi connectivity index (χ0n) is 20.6. The van der Waals surface area contributed by atoms with Crippen LogP contribution in [-0.4, -0.2) is 35.3 Å². The maximum atomic E-state index is 12.2. The summed E-state index contributed by atoms with van der Waals surface area (Å²) in [6.07, 6.45) is 3.60. The van der Waals surface area contributed by atoms with Gasteiger partial charge in [0, 0.05) is 37.4 Å². The first-order valence-corrected chi connectivity index (χ1v) is 12.2. The molecule has 0 saturated heterocycles. The Morgan fingerprint density at radius 1 is 1.00 bits per heavy atom. The number of urea groups is 1. The number of nitrogens with zero attached hydrogens (tertiary/aromatic N) is 1. The summed E-state index contributed by atoms with van der Waals surface area (Å²) in [5.74, 6) is 0.437. The van der Waals surface area contributed by atoms with Crippen LogP contribution in [0.15, 0.2) is 66.9 Å². The lowest BCUT2D eigenvalue weighted by atomic mass is 10.0. The fourth-order valence-corrected chi connectivity index (χ4v) is 3.84. The Kier molecular flexibility index (Phi) is 10.1. The summed E-state index contributed by atoms with van der Waals surface area (Å²) in [6.45, 7) is 5.72. The average molecular weight is 476 g/mol. The number of nitrogens with two attached hydrogens (primary N) is 1. The van der Waals surface area contributed by atoms with Gasteiger partial charge in [-0.25, -0.2) is 9.78 Å². The number of amides is 2. The van der Waals surface area contributed by atoms with Gasteiger partial charge in [0.05, 0.1) is 6.10 Å². The fraction of sp³-hybridized carbons (Fsp3) is 0.357. The number of aromatic nitrogens is 1. The number of benzene rings is 2. The van der Waals surface area contributed by atoms with Crippen molar-refractivity contribution in [3.05, 3.63) is 94.7 Å². The topological polar surface area (TPSA) is 112 Å². The van der Waals surface area contributed by atoms with E-state index in [1.807, 2.05) is 12.1 Å². The summed E-state index contributed by atoms with van der Waals surface area (Å²) in [7, 11) is 0. The van der Waals surface area contributed by atoms with E-state index in [0.29, 0.717) is 25.5 Å². The van der Waals surface area contributed by atoms with E-state index in [-0.39, 0.29) is 12.1 Å². The van der Waals surface area contributed by atoms with Crippen molar-refractivity contribution in [1.29, 1.82) is 0 Å². The van der Waals surface area contributed by atoms with Crippen molar-refractivity contribution in [3.63, 3.8) is 0 Å². The number of hydrogen-bond acceptors (Lipinski definition) is 5. The van der Waals surface area contributed by atoms with Crippen LogP contribution in [0.4, 0.5) is 10.6 Å². The Labute approximate surface area is 208 Å². The molecule has 0 fully saturated rings. The molecule has 0 aliphatic heterocycles. The van der Waals surface area contributed by atoms with Crippen LogP contribution in [0.3, 0.4) is 0 Å². The molecule has 1 unspecified atom stereocenters. The zero-order valence-corrected chi connectivity index (χ0v) is 20.6. The number of nitrogen functional groups attached to an aromatic ring is 1. The molecule has 3 aromatic rings. The summed E-state index contributed by atoms with van der Waals surface area (Å²) in [5.41, 5.74) is 11.1. The molecule has 1 aromatic heterocycles. The predicted octanol–water partition coefficient (Wildman–Crippen LogP) is 3.52. The molecule has 2 atom stereocenters. The lowest BCUT2D eigenvalue weighted by molar-refractivity contribution is 0.170. The van der Waals surface area contributed by atoms with Crippen molar-refractivity contribution in [3.8, 4) is 0 Å². The van der Waals surface area contributed by atoms with Crippen molar-refractivity contribution in [2.45, 2.75) is 51.8 Å². The molecule has 0 radical (unpaired) electrons. The van der Waals surface area contributed by atoms with Gasteiger partial charge in [0.15, 0.2) is 0 Å². The van der Waals surface area contributed by atoms with Gasteiger partial charge in [-0.05, 0) is 54.5 Å². The van der Waals surface area contributed by atoms with Crippen molar-refractivity contribution < 1.29 is 9.90 Å². The molecule has 0 spiro atoms. The zero-order chi connectivity index (χ0) is 25.0. The summed E-state index contributed by atoms with van der Waals surface area (Å²) in [4.78, 5) is 16.2. The maximum Gasteiger partial charge on any atom is 0.315 e. The lowest BCUT2D eigenvalue weighted by Gasteiger charge is -2.18. The van der Waals surface area contributed by atoms with E-state index in [0.717, 1.165) is 30.4 Å². The van der Waals surface area contributed by atoms with E-state index in [2.05, 4.69) is 71.2 Å². The Morgan fingerprint density at radius 3 is 2.46 bits per heavy atom. The Hall–Kier alpha value is -3.42. The number of carbonyl (C=O) groups excluding carboxylic acids is 1. The maximum absolute atomic E-state index is 12.2. The summed E-state index contributed by atoms with van der Waals surface area (Å²) < 4.78 is 0. The van der Waals surface area contributed by atoms with Crippen molar-refractivity contribution in [2.75, 3.05) is 18.8 Å². The smallest absolute Gasteiger partial charge is 0.315 e. The Morgan fingerprint density at radius 2 is 1.74 bits per heavy atom. The number of anilines is 1. The normalized spacial score (nSPS) is 12.7. The first-order chi connectivity index (χ1) is 16.9. The highest BCUT2D eigenvalue weighted by Gasteiger charge is 2.11.